The molecule has 14 unspecified atom stereocenters. The Morgan fingerprint density at radius 3 is 2.23 bits per heavy atom. The van der Waals surface area contributed by atoms with Crippen molar-refractivity contribution in [3.63, 3.8) is 0 Å². The van der Waals surface area contributed by atoms with Crippen molar-refractivity contribution in [2.24, 2.45) is 11.3 Å². The monoisotopic (exact) mass is 578 g/mol. The van der Waals surface area contributed by atoms with Crippen LogP contribution in [-0.2, 0) is 28.4 Å². The van der Waals surface area contributed by atoms with Gasteiger partial charge in [0.05, 0.1) is 31.5 Å². The summed E-state index contributed by atoms with van der Waals surface area (Å²) in [6.45, 7) is 3.42. The molecule has 13 heteroatoms. The first-order valence-corrected chi connectivity index (χ1v) is 14.6. The first-order chi connectivity index (χ1) is 19.0. The summed E-state index contributed by atoms with van der Waals surface area (Å²) in [6, 6.07) is 0. The Balaban J connectivity index is 1.36. The third kappa shape index (κ3) is 6.37. The van der Waals surface area contributed by atoms with Gasteiger partial charge in [-0.1, -0.05) is 13.3 Å². The van der Waals surface area contributed by atoms with Crippen molar-refractivity contribution in [2.45, 2.75) is 145 Å². The molecule has 40 heavy (non-hydrogen) atoms. The summed E-state index contributed by atoms with van der Waals surface area (Å²) in [5.41, 5.74) is -0.101. The van der Waals surface area contributed by atoms with E-state index in [1.54, 1.807) is 6.92 Å². The van der Waals surface area contributed by atoms with Crippen LogP contribution in [-0.4, -0.2) is 135 Å². The summed E-state index contributed by atoms with van der Waals surface area (Å²) in [5.74, 6) is -0.0196. The van der Waals surface area contributed by atoms with Crippen LogP contribution in [0.4, 0.5) is 0 Å². The minimum atomic E-state index is -1.76. The van der Waals surface area contributed by atoms with Crippen LogP contribution >= 0.6 is 0 Å². The summed E-state index contributed by atoms with van der Waals surface area (Å²) in [7, 11) is 0. The largest absolute Gasteiger partial charge is 0.394 e. The number of fused-ring (bicyclic) bond motifs is 1. The average molecular weight is 579 g/mol. The Morgan fingerprint density at radius 1 is 0.800 bits per heavy atom. The maximum Gasteiger partial charge on any atom is 0.187 e. The van der Waals surface area contributed by atoms with E-state index in [4.69, 9.17) is 28.4 Å². The van der Waals surface area contributed by atoms with Crippen LogP contribution in [0.2, 0.25) is 0 Å². The highest BCUT2D eigenvalue weighted by atomic mass is 16.7. The SMILES string of the molecule is CC1CCCC(OC2OC(CO)C(O)C3OC(C(O)O)CCC4(CC4)COC23)C1OC1OC(C)C(O)C(O)C1O. The Hall–Kier alpha value is -0.520. The predicted molar refractivity (Wildman–Crippen MR) is 134 cm³/mol. The van der Waals surface area contributed by atoms with Gasteiger partial charge in [0.2, 0.25) is 0 Å². The predicted octanol–water partition coefficient (Wildman–Crippen LogP) is -1.49. The summed E-state index contributed by atoms with van der Waals surface area (Å²) >= 11 is 0. The molecule has 0 radical (unpaired) electrons. The highest BCUT2D eigenvalue weighted by Gasteiger charge is 2.54. The molecule has 1 spiro atoms. The van der Waals surface area contributed by atoms with E-state index in [2.05, 4.69) is 0 Å². The molecule has 3 aliphatic heterocycles. The topological polar surface area (TPSA) is 197 Å². The quantitative estimate of drug-likeness (QED) is 0.180. The van der Waals surface area contributed by atoms with E-state index in [1.807, 2.05) is 6.92 Å². The van der Waals surface area contributed by atoms with Crippen molar-refractivity contribution in [3.8, 4) is 0 Å². The second-order valence-electron chi connectivity index (χ2n) is 12.4. The van der Waals surface area contributed by atoms with E-state index in [0.717, 1.165) is 25.7 Å². The molecule has 3 heterocycles. The molecule has 13 nitrogen and oxygen atoms in total. The molecule has 0 aromatic carbocycles. The average Bonchev–Trinajstić information content (AvgIpc) is 3.68. The zero-order valence-electron chi connectivity index (χ0n) is 23.1. The van der Waals surface area contributed by atoms with Crippen molar-refractivity contribution in [1.82, 2.24) is 0 Å². The molecule has 0 aromatic rings. The molecule has 5 aliphatic rings. The minimum absolute atomic E-state index is 0.0196. The van der Waals surface area contributed by atoms with Gasteiger partial charge in [0.1, 0.15) is 48.8 Å². The molecule has 2 saturated carbocycles. The van der Waals surface area contributed by atoms with Gasteiger partial charge < -0.3 is 64.2 Å². The summed E-state index contributed by atoms with van der Waals surface area (Å²) in [6.07, 6.45) is -10.3. The Bertz CT molecular complexity index is 826. The lowest BCUT2D eigenvalue weighted by Crippen LogP contribution is -2.63. The smallest absolute Gasteiger partial charge is 0.187 e. The highest BCUT2D eigenvalue weighted by molar-refractivity contribution is 4.99. The van der Waals surface area contributed by atoms with Crippen LogP contribution in [0.25, 0.3) is 0 Å². The number of aliphatic hydroxyl groups excluding tert-OH is 6. The zero-order valence-corrected chi connectivity index (χ0v) is 23.1. The molecular formula is C27H46O13. The van der Waals surface area contributed by atoms with Gasteiger partial charge in [-0.3, -0.25) is 0 Å². The Labute approximate surface area is 233 Å². The fourth-order valence-electron chi connectivity index (χ4n) is 6.49. The Morgan fingerprint density at radius 2 is 1.55 bits per heavy atom. The van der Waals surface area contributed by atoms with Crippen molar-refractivity contribution in [1.29, 1.82) is 0 Å². The molecular weight excluding hydrogens is 532 g/mol. The normalized spacial score (nSPS) is 49.6. The second-order valence-corrected chi connectivity index (χ2v) is 12.4. The maximum absolute atomic E-state index is 11.0. The van der Waals surface area contributed by atoms with Gasteiger partial charge >= 0.3 is 0 Å². The van der Waals surface area contributed by atoms with Crippen molar-refractivity contribution < 1.29 is 64.2 Å². The number of rotatable bonds is 6. The van der Waals surface area contributed by atoms with E-state index in [-0.39, 0.29) is 11.3 Å². The van der Waals surface area contributed by atoms with Gasteiger partial charge in [-0.15, -0.1) is 0 Å². The molecule has 5 rings (SSSR count). The number of hydrogen-bond acceptors (Lipinski definition) is 13. The van der Waals surface area contributed by atoms with E-state index in [9.17, 15) is 35.7 Å². The van der Waals surface area contributed by atoms with Crippen molar-refractivity contribution in [3.05, 3.63) is 0 Å². The zero-order chi connectivity index (χ0) is 28.8. The van der Waals surface area contributed by atoms with E-state index in [1.165, 1.54) is 0 Å². The number of aliphatic hydroxyl groups is 7. The lowest BCUT2D eigenvalue weighted by atomic mass is 9.85. The summed E-state index contributed by atoms with van der Waals surface area (Å²) in [4.78, 5) is 0. The van der Waals surface area contributed by atoms with Gasteiger partial charge in [-0.25, -0.2) is 0 Å². The van der Waals surface area contributed by atoms with Gasteiger partial charge in [0.25, 0.3) is 0 Å². The van der Waals surface area contributed by atoms with E-state index < -0.39 is 92.6 Å². The molecule has 3 saturated heterocycles. The van der Waals surface area contributed by atoms with Gasteiger partial charge in [0, 0.05) is 0 Å². The molecule has 5 fully saturated rings. The molecule has 0 bridgehead atoms. The van der Waals surface area contributed by atoms with Crippen LogP contribution in [0.5, 0.6) is 0 Å². The van der Waals surface area contributed by atoms with Gasteiger partial charge in [-0.2, -0.15) is 0 Å². The van der Waals surface area contributed by atoms with Crippen LogP contribution in [0.1, 0.15) is 58.8 Å². The number of ether oxygens (including phenoxy) is 6. The molecule has 0 amide bonds. The first-order valence-electron chi connectivity index (χ1n) is 14.6. The van der Waals surface area contributed by atoms with Gasteiger partial charge in [-0.05, 0) is 56.8 Å². The third-order valence-electron chi connectivity index (χ3n) is 9.45. The van der Waals surface area contributed by atoms with Gasteiger partial charge in [0.15, 0.2) is 18.9 Å². The maximum atomic E-state index is 11.0. The standard InChI is InChI=1S/C27H46O13/c1-12-4-3-5-14(21(12)40-25-20(32)19(31)17(29)13(2)36-25)38-26-23-22(18(30)16(10-28)39-26)37-15(24(33)34)6-7-27(8-9-27)11-35-23/h12-26,28-34H,3-11H2,1-2H3. The lowest BCUT2D eigenvalue weighted by Gasteiger charge is -2.48. The second kappa shape index (κ2) is 12.6. The Kier molecular flexibility index (Phi) is 9.75. The van der Waals surface area contributed by atoms with E-state index in [0.29, 0.717) is 25.9 Å². The van der Waals surface area contributed by atoms with Crippen molar-refractivity contribution >= 4 is 0 Å². The third-order valence-corrected chi connectivity index (χ3v) is 9.45. The number of hydrogen-bond donors (Lipinski definition) is 7. The minimum Gasteiger partial charge on any atom is -0.394 e. The first kappa shape index (κ1) is 30.9. The van der Waals surface area contributed by atoms with Crippen LogP contribution < -0.4 is 0 Å². The fourth-order valence-corrected chi connectivity index (χ4v) is 6.49. The molecule has 7 N–H and O–H groups in total. The van der Waals surface area contributed by atoms with Crippen LogP contribution in [0.15, 0.2) is 0 Å². The van der Waals surface area contributed by atoms with Crippen LogP contribution in [0, 0.1) is 11.3 Å². The summed E-state index contributed by atoms with van der Waals surface area (Å²) < 4.78 is 36.8. The lowest BCUT2D eigenvalue weighted by molar-refractivity contribution is -0.355. The molecule has 232 valence electrons. The molecule has 2 aliphatic carbocycles. The highest BCUT2D eigenvalue weighted by Crippen LogP contribution is 2.51. The molecule has 0 aromatic heterocycles. The summed E-state index contributed by atoms with van der Waals surface area (Å²) in [5, 5.41) is 71.9. The fraction of sp³-hybridized carbons (Fsp3) is 1.00. The van der Waals surface area contributed by atoms with Crippen molar-refractivity contribution in [2.75, 3.05) is 13.2 Å². The van der Waals surface area contributed by atoms with E-state index >= 15 is 0 Å². The molecule has 14 atom stereocenters. The van der Waals surface area contributed by atoms with Crippen LogP contribution in [0.3, 0.4) is 0 Å².